The fourth-order valence-corrected chi connectivity index (χ4v) is 0.957. The number of hydrogen-bond acceptors (Lipinski definition) is 5. The van der Waals surface area contributed by atoms with E-state index in [-0.39, 0.29) is 29.8 Å². The molecule has 1 aromatic heterocycles. The van der Waals surface area contributed by atoms with Crippen molar-refractivity contribution in [1.29, 1.82) is 5.26 Å². The van der Waals surface area contributed by atoms with Gasteiger partial charge in [-0.15, -0.1) is 0 Å². The summed E-state index contributed by atoms with van der Waals surface area (Å²) in [6.07, 6.45) is 1.58. The molecule has 0 saturated heterocycles. The summed E-state index contributed by atoms with van der Waals surface area (Å²) in [6, 6.07) is 3.47. The van der Waals surface area contributed by atoms with E-state index >= 15 is 0 Å². The third-order valence-corrected chi connectivity index (χ3v) is 1.67. The van der Waals surface area contributed by atoms with Gasteiger partial charge >= 0.3 is 0 Å². The summed E-state index contributed by atoms with van der Waals surface area (Å²) in [5.41, 5.74) is 5.58. The van der Waals surface area contributed by atoms with Crippen molar-refractivity contribution >= 4 is 11.7 Å². The molecule has 1 unspecified atom stereocenters. The molecule has 0 saturated carbocycles. The molecule has 0 bridgehead atoms. The quantitative estimate of drug-likeness (QED) is 0.711. The minimum Gasteiger partial charge on any atom is -0.368 e. The molecule has 0 amide bonds. The zero-order chi connectivity index (χ0) is 10.6. The highest BCUT2D eigenvalue weighted by Crippen LogP contribution is 2.07. The summed E-state index contributed by atoms with van der Waals surface area (Å²) in [7, 11) is 0. The fourth-order valence-electron chi connectivity index (χ4n) is 0.957. The molecule has 0 fully saturated rings. The van der Waals surface area contributed by atoms with Gasteiger partial charge in [0.05, 0.1) is 12.0 Å². The Morgan fingerprint density at radius 3 is 3.07 bits per heavy atom. The number of rotatable bonds is 3. The van der Waals surface area contributed by atoms with Crippen LogP contribution in [0.5, 0.6) is 0 Å². The first-order chi connectivity index (χ1) is 6.63. The van der Waals surface area contributed by atoms with Crippen molar-refractivity contribution in [2.45, 2.75) is 13.3 Å². The van der Waals surface area contributed by atoms with Crippen LogP contribution in [0, 0.1) is 17.2 Å². The Morgan fingerprint density at radius 2 is 2.50 bits per heavy atom. The average Bonchev–Trinajstić information content (AvgIpc) is 2.17. The van der Waals surface area contributed by atoms with Crippen LogP contribution >= 0.6 is 0 Å². The van der Waals surface area contributed by atoms with Crippen LogP contribution in [-0.4, -0.2) is 15.8 Å². The number of hydrogen-bond donors (Lipinski definition) is 1. The van der Waals surface area contributed by atoms with Crippen LogP contribution in [0.25, 0.3) is 0 Å². The van der Waals surface area contributed by atoms with Crippen LogP contribution in [0.2, 0.25) is 0 Å². The molecule has 1 rings (SSSR count). The molecule has 5 heteroatoms. The van der Waals surface area contributed by atoms with Gasteiger partial charge in [-0.25, -0.2) is 9.97 Å². The molecule has 72 valence electrons. The molecule has 1 heterocycles. The van der Waals surface area contributed by atoms with E-state index in [1.165, 1.54) is 12.3 Å². The largest absolute Gasteiger partial charge is 0.368 e. The number of nitrogens with zero attached hydrogens (tertiary/aromatic N) is 3. The molecule has 0 radical (unpaired) electrons. The average molecular weight is 190 g/mol. The van der Waals surface area contributed by atoms with E-state index in [1.807, 2.05) is 6.07 Å². The van der Waals surface area contributed by atoms with Crippen LogP contribution in [0.4, 0.5) is 5.95 Å². The first-order valence-electron chi connectivity index (χ1n) is 4.15. The Hall–Kier alpha value is -1.96. The molecule has 5 nitrogen and oxygen atoms in total. The van der Waals surface area contributed by atoms with Gasteiger partial charge in [-0.05, 0) is 13.0 Å². The molecular formula is C9H10N4O. The Balaban J connectivity index is 2.76. The second-order valence-corrected chi connectivity index (χ2v) is 2.96. The zero-order valence-electron chi connectivity index (χ0n) is 7.77. The monoisotopic (exact) mass is 190 g/mol. The lowest BCUT2D eigenvalue weighted by molar-refractivity contribution is 0.0968. The highest BCUT2D eigenvalue weighted by Gasteiger charge is 2.12. The molecule has 2 N–H and O–H groups in total. The van der Waals surface area contributed by atoms with Crippen molar-refractivity contribution in [3.8, 4) is 6.07 Å². The lowest BCUT2D eigenvalue weighted by Crippen LogP contribution is -2.08. The van der Waals surface area contributed by atoms with E-state index < -0.39 is 0 Å². The predicted octanol–water partition coefficient (Wildman–Crippen LogP) is 0.791. The number of carbonyl (C=O) groups is 1. The molecule has 14 heavy (non-hydrogen) atoms. The van der Waals surface area contributed by atoms with E-state index in [9.17, 15) is 4.79 Å². The Morgan fingerprint density at radius 1 is 1.79 bits per heavy atom. The van der Waals surface area contributed by atoms with Gasteiger partial charge in [-0.2, -0.15) is 5.26 Å². The fraction of sp³-hybridized carbons (Fsp3) is 0.333. The summed E-state index contributed by atoms with van der Waals surface area (Å²) >= 11 is 0. The number of carbonyl (C=O) groups excluding carboxylic acids is 1. The number of nitrogen functional groups attached to an aromatic ring is 1. The molecular weight excluding hydrogens is 180 g/mol. The van der Waals surface area contributed by atoms with E-state index in [4.69, 9.17) is 11.0 Å². The van der Waals surface area contributed by atoms with Gasteiger partial charge < -0.3 is 5.73 Å². The first kappa shape index (κ1) is 10.1. The summed E-state index contributed by atoms with van der Waals surface area (Å²) < 4.78 is 0. The molecule has 0 aliphatic carbocycles. The molecule has 1 atom stereocenters. The predicted molar refractivity (Wildman–Crippen MR) is 50.2 cm³/mol. The zero-order valence-corrected chi connectivity index (χ0v) is 7.77. The topological polar surface area (TPSA) is 92.7 Å². The second kappa shape index (κ2) is 4.33. The second-order valence-electron chi connectivity index (χ2n) is 2.96. The van der Waals surface area contributed by atoms with E-state index in [2.05, 4.69) is 9.97 Å². The van der Waals surface area contributed by atoms with Gasteiger partial charge in [-0.1, -0.05) is 0 Å². The van der Waals surface area contributed by atoms with Crippen molar-refractivity contribution < 1.29 is 4.79 Å². The number of nitriles is 1. The van der Waals surface area contributed by atoms with Crippen LogP contribution in [0.3, 0.4) is 0 Å². The lowest BCUT2D eigenvalue weighted by Gasteiger charge is -2.01. The standard InChI is InChI=1S/C9H10N4O/c1-6(5-10)4-8(14)7-2-3-12-9(11)13-7/h2-3,6H,4H2,1H3,(H2,11,12,13). The van der Waals surface area contributed by atoms with Crippen LogP contribution in [0.1, 0.15) is 23.8 Å². The third-order valence-electron chi connectivity index (χ3n) is 1.67. The van der Waals surface area contributed by atoms with Crippen LogP contribution in [-0.2, 0) is 0 Å². The number of ketones is 1. The first-order valence-corrected chi connectivity index (χ1v) is 4.15. The van der Waals surface area contributed by atoms with Gasteiger partial charge in [0, 0.05) is 12.6 Å². The smallest absolute Gasteiger partial charge is 0.220 e. The van der Waals surface area contributed by atoms with Crippen molar-refractivity contribution in [1.82, 2.24) is 9.97 Å². The lowest BCUT2D eigenvalue weighted by atomic mass is 10.0. The van der Waals surface area contributed by atoms with Crippen molar-refractivity contribution in [2.75, 3.05) is 5.73 Å². The van der Waals surface area contributed by atoms with Gasteiger partial charge in [0.15, 0.2) is 5.78 Å². The minimum absolute atomic E-state index is 0.0699. The Bertz CT molecular complexity index is 383. The van der Waals surface area contributed by atoms with E-state index in [0.29, 0.717) is 0 Å². The van der Waals surface area contributed by atoms with E-state index in [1.54, 1.807) is 6.92 Å². The highest BCUT2D eigenvalue weighted by atomic mass is 16.1. The van der Waals surface area contributed by atoms with Crippen molar-refractivity contribution in [3.63, 3.8) is 0 Å². The highest BCUT2D eigenvalue weighted by molar-refractivity contribution is 5.94. The molecule has 0 aliphatic rings. The van der Waals surface area contributed by atoms with Gasteiger partial charge in [-0.3, -0.25) is 4.79 Å². The molecule has 0 aromatic carbocycles. The van der Waals surface area contributed by atoms with Gasteiger partial charge in [0.25, 0.3) is 0 Å². The molecule has 0 aliphatic heterocycles. The van der Waals surface area contributed by atoms with Crippen molar-refractivity contribution in [3.05, 3.63) is 18.0 Å². The number of aromatic nitrogens is 2. The van der Waals surface area contributed by atoms with E-state index in [0.717, 1.165) is 0 Å². The SMILES string of the molecule is CC(C#N)CC(=O)c1ccnc(N)n1. The van der Waals surface area contributed by atoms with Gasteiger partial charge in [0.1, 0.15) is 5.69 Å². The molecule has 1 aromatic rings. The summed E-state index contributed by atoms with van der Waals surface area (Å²) in [5, 5.41) is 8.53. The minimum atomic E-state index is -0.307. The Labute approximate surface area is 81.6 Å². The molecule has 0 spiro atoms. The number of anilines is 1. The maximum atomic E-state index is 11.5. The van der Waals surface area contributed by atoms with Crippen LogP contribution in [0.15, 0.2) is 12.3 Å². The number of nitrogens with two attached hydrogens (primary N) is 1. The summed E-state index contributed by atoms with van der Waals surface area (Å²) in [4.78, 5) is 18.9. The Kier molecular flexibility index (Phi) is 3.13. The maximum absolute atomic E-state index is 11.5. The number of Topliss-reactive ketones (excluding diaryl/α,β-unsaturated/α-hetero) is 1. The van der Waals surface area contributed by atoms with Crippen LogP contribution < -0.4 is 5.73 Å². The maximum Gasteiger partial charge on any atom is 0.220 e. The normalized spacial score (nSPS) is 11.7. The van der Waals surface area contributed by atoms with Gasteiger partial charge in [0.2, 0.25) is 5.95 Å². The summed E-state index contributed by atoms with van der Waals surface area (Å²) in [6.45, 7) is 1.68. The third kappa shape index (κ3) is 2.52. The van der Waals surface area contributed by atoms with Crippen molar-refractivity contribution in [2.24, 2.45) is 5.92 Å². The summed E-state index contributed by atoms with van der Waals surface area (Å²) in [5.74, 6) is -0.424.